The minimum Gasteiger partial charge on any atom is -0.335 e. The highest BCUT2D eigenvalue weighted by Gasteiger charge is 2.57. The molecule has 138 valence electrons. The lowest BCUT2D eigenvalue weighted by atomic mass is 9.93. The van der Waals surface area contributed by atoms with Crippen LogP contribution in [0.2, 0.25) is 0 Å². The van der Waals surface area contributed by atoms with Gasteiger partial charge in [0, 0.05) is 37.8 Å². The quantitative estimate of drug-likeness (QED) is 0.849. The van der Waals surface area contributed by atoms with Crippen molar-refractivity contribution in [3.8, 4) is 0 Å². The van der Waals surface area contributed by atoms with E-state index in [0.717, 1.165) is 32.4 Å². The highest BCUT2D eigenvalue weighted by Crippen LogP contribution is 2.56. The first kappa shape index (κ1) is 17.5. The van der Waals surface area contributed by atoms with Crippen LogP contribution < -0.4 is 10.9 Å². The van der Waals surface area contributed by atoms with Crippen molar-refractivity contribution >= 4 is 17.2 Å². The zero-order valence-corrected chi connectivity index (χ0v) is 15.7. The standard InChI is InChI=1S/C20H25N3O2S/c24-18-3-1-2-10-22(18)11-4-19(25)23(14-16-5-12-26-15-16)17-13-20(17)6-8-21-9-7-20/h1-3,5,10,12,15,17,21H,4,6-9,11,13-14H2/t17-/m1/s1. The second kappa shape index (κ2) is 7.37. The zero-order chi connectivity index (χ0) is 18.0. The van der Waals surface area contributed by atoms with Crippen LogP contribution in [0.25, 0.3) is 0 Å². The Morgan fingerprint density at radius 2 is 2.15 bits per heavy atom. The molecule has 0 unspecified atom stereocenters. The SMILES string of the molecule is O=C(CCn1ccccc1=O)N(Cc1ccsc1)[C@@H]1CC12CCNCC2. The fourth-order valence-electron chi connectivity index (χ4n) is 4.19. The van der Waals surface area contributed by atoms with E-state index in [0.29, 0.717) is 31.0 Å². The van der Waals surface area contributed by atoms with E-state index in [2.05, 4.69) is 27.0 Å². The van der Waals surface area contributed by atoms with Gasteiger partial charge in [0.1, 0.15) is 0 Å². The number of aromatic nitrogens is 1. The first-order valence-corrected chi connectivity index (χ1v) is 10.3. The lowest BCUT2D eigenvalue weighted by Crippen LogP contribution is -2.39. The molecule has 2 aromatic heterocycles. The average Bonchev–Trinajstić information content (AvgIpc) is 3.08. The number of carbonyl (C=O) groups excluding carboxylic acids is 1. The van der Waals surface area contributed by atoms with Crippen molar-refractivity contribution in [2.75, 3.05) is 13.1 Å². The molecule has 2 aromatic rings. The molecule has 0 radical (unpaired) electrons. The summed E-state index contributed by atoms with van der Waals surface area (Å²) in [6.07, 6.45) is 5.56. The van der Waals surface area contributed by atoms with E-state index in [1.165, 1.54) is 5.56 Å². The summed E-state index contributed by atoms with van der Waals surface area (Å²) in [6, 6.07) is 7.56. The largest absolute Gasteiger partial charge is 0.335 e. The van der Waals surface area contributed by atoms with Gasteiger partial charge in [-0.15, -0.1) is 0 Å². The number of pyridine rings is 1. The molecule has 1 aliphatic heterocycles. The number of thiophene rings is 1. The number of hydrogen-bond acceptors (Lipinski definition) is 4. The Hall–Kier alpha value is -1.92. The number of amides is 1. The first-order chi connectivity index (χ1) is 12.7. The Morgan fingerprint density at radius 1 is 1.31 bits per heavy atom. The second-order valence-electron chi connectivity index (χ2n) is 7.47. The molecule has 1 spiro atoms. The number of piperidine rings is 1. The van der Waals surface area contributed by atoms with Crippen LogP contribution in [0.3, 0.4) is 0 Å². The van der Waals surface area contributed by atoms with Gasteiger partial charge in [-0.05, 0) is 66.2 Å². The molecule has 3 heterocycles. The predicted octanol–water partition coefficient (Wildman–Crippen LogP) is 2.47. The minimum atomic E-state index is -0.0501. The Bertz CT molecular complexity index is 808. The Balaban J connectivity index is 1.46. The van der Waals surface area contributed by atoms with E-state index in [1.807, 2.05) is 6.07 Å². The molecule has 1 saturated carbocycles. The maximum absolute atomic E-state index is 13.1. The molecule has 1 aliphatic carbocycles. The summed E-state index contributed by atoms with van der Waals surface area (Å²) in [6.45, 7) is 3.23. The van der Waals surface area contributed by atoms with Crippen molar-refractivity contribution in [1.29, 1.82) is 0 Å². The van der Waals surface area contributed by atoms with E-state index < -0.39 is 0 Å². The van der Waals surface area contributed by atoms with Gasteiger partial charge in [-0.3, -0.25) is 9.59 Å². The van der Waals surface area contributed by atoms with Crippen LogP contribution in [-0.4, -0.2) is 34.5 Å². The molecule has 1 saturated heterocycles. The maximum atomic E-state index is 13.1. The van der Waals surface area contributed by atoms with Crippen LogP contribution in [0.5, 0.6) is 0 Å². The van der Waals surface area contributed by atoms with Gasteiger partial charge in [-0.2, -0.15) is 11.3 Å². The number of carbonyl (C=O) groups is 1. The minimum absolute atomic E-state index is 0.0501. The van der Waals surface area contributed by atoms with Crippen molar-refractivity contribution < 1.29 is 4.79 Å². The van der Waals surface area contributed by atoms with Gasteiger partial charge in [0.05, 0.1) is 0 Å². The molecule has 2 fully saturated rings. The molecule has 4 rings (SSSR count). The molecular formula is C20H25N3O2S. The van der Waals surface area contributed by atoms with Gasteiger partial charge in [0.15, 0.2) is 0 Å². The summed E-state index contributed by atoms with van der Waals surface area (Å²) in [7, 11) is 0. The van der Waals surface area contributed by atoms with Gasteiger partial charge in [0.2, 0.25) is 5.91 Å². The number of rotatable bonds is 6. The van der Waals surface area contributed by atoms with E-state index in [9.17, 15) is 9.59 Å². The number of hydrogen-bond donors (Lipinski definition) is 1. The fourth-order valence-corrected chi connectivity index (χ4v) is 4.85. The van der Waals surface area contributed by atoms with Crippen LogP contribution in [-0.2, 0) is 17.9 Å². The molecule has 0 bridgehead atoms. The second-order valence-corrected chi connectivity index (χ2v) is 8.25. The average molecular weight is 372 g/mol. The third-order valence-electron chi connectivity index (χ3n) is 5.84. The third-order valence-corrected chi connectivity index (χ3v) is 6.57. The Labute approximate surface area is 157 Å². The molecule has 2 aliphatic rings. The summed E-state index contributed by atoms with van der Waals surface area (Å²) >= 11 is 1.67. The van der Waals surface area contributed by atoms with Crippen molar-refractivity contribution in [3.05, 3.63) is 57.1 Å². The predicted molar refractivity (Wildman–Crippen MR) is 103 cm³/mol. The molecule has 1 atom stereocenters. The van der Waals surface area contributed by atoms with Crippen LogP contribution in [0, 0.1) is 5.41 Å². The van der Waals surface area contributed by atoms with Gasteiger partial charge in [0.25, 0.3) is 5.56 Å². The van der Waals surface area contributed by atoms with Crippen LogP contribution in [0.15, 0.2) is 46.0 Å². The number of nitrogens with zero attached hydrogens (tertiary/aromatic N) is 2. The smallest absolute Gasteiger partial charge is 0.250 e. The number of aryl methyl sites for hydroxylation is 1. The van der Waals surface area contributed by atoms with Crippen LogP contribution in [0.4, 0.5) is 0 Å². The summed E-state index contributed by atoms with van der Waals surface area (Å²) < 4.78 is 1.62. The molecule has 6 heteroatoms. The summed E-state index contributed by atoms with van der Waals surface area (Å²) in [5.74, 6) is 0.160. The Morgan fingerprint density at radius 3 is 2.88 bits per heavy atom. The van der Waals surface area contributed by atoms with E-state index >= 15 is 0 Å². The van der Waals surface area contributed by atoms with Gasteiger partial charge < -0.3 is 14.8 Å². The highest BCUT2D eigenvalue weighted by atomic mass is 32.1. The van der Waals surface area contributed by atoms with Crippen molar-refractivity contribution in [3.63, 3.8) is 0 Å². The van der Waals surface area contributed by atoms with Gasteiger partial charge in [-0.1, -0.05) is 6.07 Å². The third kappa shape index (κ3) is 3.62. The van der Waals surface area contributed by atoms with Gasteiger partial charge in [-0.25, -0.2) is 0 Å². The van der Waals surface area contributed by atoms with Crippen LogP contribution >= 0.6 is 11.3 Å². The molecule has 5 nitrogen and oxygen atoms in total. The molecule has 0 aromatic carbocycles. The van der Waals surface area contributed by atoms with Gasteiger partial charge >= 0.3 is 0 Å². The molecule has 26 heavy (non-hydrogen) atoms. The highest BCUT2D eigenvalue weighted by molar-refractivity contribution is 7.07. The van der Waals surface area contributed by atoms with E-state index in [1.54, 1.807) is 34.2 Å². The topological polar surface area (TPSA) is 54.3 Å². The summed E-state index contributed by atoms with van der Waals surface area (Å²) in [5, 5.41) is 7.62. The number of nitrogens with one attached hydrogen (secondary N) is 1. The Kier molecular flexibility index (Phi) is 4.96. The summed E-state index contributed by atoms with van der Waals surface area (Å²) in [4.78, 5) is 27.0. The van der Waals surface area contributed by atoms with Crippen molar-refractivity contribution in [2.45, 2.75) is 44.8 Å². The molecule has 1 amide bonds. The monoisotopic (exact) mass is 371 g/mol. The fraction of sp³-hybridized carbons (Fsp3) is 0.500. The summed E-state index contributed by atoms with van der Waals surface area (Å²) in [5.41, 5.74) is 1.47. The maximum Gasteiger partial charge on any atom is 0.250 e. The molecular weight excluding hydrogens is 346 g/mol. The zero-order valence-electron chi connectivity index (χ0n) is 14.9. The molecule has 1 N–H and O–H groups in total. The van der Waals surface area contributed by atoms with Crippen molar-refractivity contribution in [2.24, 2.45) is 5.41 Å². The lowest BCUT2D eigenvalue weighted by Gasteiger charge is -2.29. The van der Waals surface area contributed by atoms with Crippen LogP contribution in [0.1, 0.15) is 31.2 Å². The first-order valence-electron chi connectivity index (χ1n) is 9.35. The lowest BCUT2D eigenvalue weighted by molar-refractivity contribution is -0.133. The van der Waals surface area contributed by atoms with E-state index in [-0.39, 0.29) is 11.5 Å². The normalized spacial score (nSPS) is 20.8. The van der Waals surface area contributed by atoms with Crippen molar-refractivity contribution in [1.82, 2.24) is 14.8 Å². The van der Waals surface area contributed by atoms with E-state index in [4.69, 9.17) is 0 Å².